The lowest BCUT2D eigenvalue weighted by Crippen LogP contribution is -2.23. The first-order chi connectivity index (χ1) is 13.7. The van der Waals surface area contributed by atoms with E-state index < -0.39 is 0 Å². The zero-order valence-corrected chi connectivity index (χ0v) is 15.6. The molecule has 0 amide bonds. The number of hydrogen-bond acceptors (Lipinski definition) is 3. The summed E-state index contributed by atoms with van der Waals surface area (Å²) in [6.07, 6.45) is 5.99. The molecule has 4 aromatic rings. The molecule has 0 spiro atoms. The molecule has 1 saturated heterocycles. The van der Waals surface area contributed by atoms with Gasteiger partial charge >= 0.3 is 0 Å². The fourth-order valence-corrected chi connectivity index (χ4v) is 4.13. The molecule has 3 heterocycles. The molecule has 1 aliphatic heterocycles. The van der Waals surface area contributed by atoms with Gasteiger partial charge in [-0.1, -0.05) is 24.3 Å². The number of nitrogens with zero attached hydrogens (tertiary/aromatic N) is 4. The second kappa shape index (κ2) is 7.20. The van der Waals surface area contributed by atoms with Gasteiger partial charge in [0.2, 0.25) is 0 Å². The number of aromatic amines is 1. The Labute approximate surface area is 162 Å². The highest BCUT2D eigenvalue weighted by atomic mass is 19.1. The van der Waals surface area contributed by atoms with Crippen LogP contribution in [0.1, 0.15) is 35.8 Å². The summed E-state index contributed by atoms with van der Waals surface area (Å²) in [6, 6.07) is 15.6. The standard InChI is InChI=1S/C22H22FN5/c23-18-7-8-19-20(13-18)26-22(25-19)21-6-2-10-27(21)14-16-4-1-5-17(12-16)15-28-11-3-9-24-28/h1,3-5,7-9,11-13,21H,2,6,10,14-15H2,(H,25,26). The average molecular weight is 375 g/mol. The Balaban J connectivity index is 1.35. The van der Waals surface area contributed by atoms with Crippen molar-refractivity contribution < 1.29 is 4.39 Å². The van der Waals surface area contributed by atoms with Crippen LogP contribution in [0.25, 0.3) is 11.0 Å². The zero-order valence-electron chi connectivity index (χ0n) is 15.6. The number of H-pyrrole nitrogens is 1. The molecule has 5 nitrogen and oxygen atoms in total. The SMILES string of the molecule is Fc1ccc2nc(C3CCCN3Cc3cccc(Cn4cccn4)c3)[nH]c2c1. The molecule has 0 saturated carbocycles. The highest BCUT2D eigenvalue weighted by Gasteiger charge is 2.28. The maximum absolute atomic E-state index is 13.5. The maximum Gasteiger partial charge on any atom is 0.125 e. The van der Waals surface area contributed by atoms with Gasteiger partial charge in [0.1, 0.15) is 11.6 Å². The molecule has 5 rings (SSSR count). The van der Waals surface area contributed by atoms with Crippen LogP contribution in [0.5, 0.6) is 0 Å². The van der Waals surface area contributed by atoms with Gasteiger partial charge in [0.25, 0.3) is 0 Å². The number of benzene rings is 2. The molecule has 2 aromatic carbocycles. The van der Waals surface area contributed by atoms with Gasteiger partial charge in [0.05, 0.1) is 23.6 Å². The van der Waals surface area contributed by atoms with Gasteiger partial charge in [-0.15, -0.1) is 0 Å². The summed E-state index contributed by atoms with van der Waals surface area (Å²) in [4.78, 5) is 10.5. The monoisotopic (exact) mass is 375 g/mol. The van der Waals surface area contributed by atoms with E-state index >= 15 is 0 Å². The van der Waals surface area contributed by atoms with Gasteiger partial charge in [-0.3, -0.25) is 9.58 Å². The van der Waals surface area contributed by atoms with Crippen LogP contribution < -0.4 is 0 Å². The Kier molecular flexibility index (Phi) is 4.41. The van der Waals surface area contributed by atoms with Crippen LogP contribution >= 0.6 is 0 Å². The van der Waals surface area contributed by atoms with Crippen LogP contribution in [-0.4, -0.2) is 31.2 Å². The molecule has 1 aliphatic rings. The molecule has 0 aliphatic carbocycles. The third-order valence-corrected chi connectivity index (χ3v) is 5.42. The number of hydrogen-bond donors (Lipinski definition) is 1. The molecule has 142 valence electrons. The number of nitrogens with one attached hydrogen (secondary N) is 1. The third-order valence-electron chi connectivity index (χ3n) is 5.42. The Morgan fingerprint density at radius 1 is 1.07 bits per heavy atom. The summed E-state index contributed by atoms with van der Waals surface area (Å²) >= 11 is 0. The van der Waals surface area contributed by atoms with E-state index in [-0.39, 0.29) is 11.9 Å². The number of imidazole rings is 1. The molecule has 0 bridgehead atoms. The Bertz CT molecular complexity index is 1090. The van der Waals surface area contributed by atoms with Crippen molar-refractivity contribution in [3.05, 3.63) is 83.7 Å². The first-order valence-electron chi connectivity index (χ1n) is 9.69. The minimum absolute atomic E-state index is 0.236. The van der Waals surface area contributed by atoms with Crippen molar-refractivity contribution >= 4 is 11.0 Å². The Morgan fingerprint density at radius 2 is 1.96 bits per heavy atom. The Morgan fingerprint density at radius 3 is 2.82 bits per heavy atom. The molecule has 6 heteroatoms. The van der Waals surface area contributed by atoms with Gasteiger partial charge in [-0.05, 0) is 54.8 Å². The summed E-state index contributed by atoms with van der Waals surface area (Å²) in [7, 11) is 0. The van der Waals surface area contributed by atoms with Gasteiger partial charge in [0, 0.05) is 18.9 Å². The first kappa shape index (κ1) is 17.1. The van der Waals surface area contributed by atoms with Gasteiger partial charge in [-0.25, -0.2) is 9.37 Å². The second-order valence-corrected chi connectivity index (χ2v) is 7.44. The molecular weight excluding hydrogens is 353 g/mol. The van der Waals surface area contributed by atoms with Crippen molar-refractivity contribution in [3.8, 4) is 0 Å². The topological polar surface area (TPSA) is 49.7 Å². The number of halogens is 1. The lowest BCUT2D eigenvalue weighted by molar-refractivity contribution is 0.241. The molecular formula is C22H22FN5. The van der Waals surface area contributed by atoms with Crippen molar-refractivity contribution in [1.82, 2.24) is 24.6 Å². The van der Waals surface area contributed by atoms with Crippen LogP contribution in [-0.2, 0) is 13.1 Å². The number of aromatic nitrogens is 4. The maximum atomic E-state index is 13.5. The largest absolute Gasteiger partial charge is 0.341 e. The van der Waals surface area contributed by atoms with E-state index in [2.05, 4.69) is 39.2 Å². The van der Waals surface area contributed by atoms with Gasteiger partial charge < -0.3 is 4.98 Å². The molecule has 1 fully saturated rings. The van der Waals surface area contributed by atoms with Gasteiger partial charge in [-0.2, -0.15) is 5.10 Å². The average Bonchev–Trinajstić information content (AvgIpc) is 3.42. The lowest BCUT2D eigenvalue weighted by atomic mass is 10.1. The van der Waals surface area contributed by atoms with Crippen molar-refractivity contribution in [2.24, 2.45) is 0 Å². The lowest BCUT2D eigenvalue weighted by Gasteiger charge is -2.23. The van der Waals surface area contributed by atoms with Crippen molar-refractivity contribution in [2.45, 2.75) is 32.0 Å². The number of fused-ring (bicyclic) bond motifs is 1. The Hall–Kier alpha value is -2.99. The second-order valence-electron chi connectivity index (χ2n) is 7.44. The van der Waals surface area contributed by atoms with Crippen LogP contribution in [0, 0.1) is 5.82 Å². The zero-order chi connectivity index (χ0) is 18.9. The van der Waals surface area contributed by atoms with E-state index in [0.717, 1.165) is 49.3 Å². The predicted molar refractivity (Wildman–Crippen MR) is 106 cm³/mol. The molecule has 28 heavy (non-hydrogen) atoms. The molecule has 0 radical (unpaired) electrons. The third kappa shape index (κ3) is 3.43. The van der Waals surface area contributed by atoms with Crippen LogP contribution in [0.15, 0.2) is 60.9 Å². The van der Waals surface area contributed by atoms with E-state index in [1.165, 1.54) is 23.3 Å². The predicted octanol–water partition coefficient (Wildman–Crippen LogP) is 4.28. The quantitative estimate of drug-likeness (QED) is 0.566. The summed E-state index contributed by atoms with van der Waals surface area (Å²) in [5, 5.41) is 4.29. The number of rotatable bonds is 5. The van der Waals surface area contributed by atoms with E-state index in [9.17, 15) is 4.39 Å². The first-order valence-corrected chi connectivity index (χ1v) is 9.69. The van der Waals surface area contributed by atoms with Crippen molar-refractivity contribution in [1.29, 1.82) is 0 Å². The summed E-state index contributed by atoms with van der Waals surface area (Å²) < 4.78 is 15.4. The minimum atomic E-state index is -0.236. The molecule has 1 N–H and O–H groups in total. The van der Waals surface area contributed by atoms with Crippen molar-refractivity contribution in [2.75, 3.05) is 6.54 Å². The molecule has 2 aromatic heterocycles. The summed E-state index contributed by atoms with van der Waals surface area (Å²) in [5.74, 6) is 0.700. The number of likely N-dealkylation sites (tertiary alicyclic amines) is 1. The van der Waals surface area contributed by atoms with E-state index in [4.69, 9.17) is 4.98 Å². The van der Waals surface area contributed by atoms with E-state index in [0.29, 0.717) is 0 Å². The minimum Gasteiger partial charge on any atom is -0.341 e. The van der Waals surface area contributed by atoms with E-state index in [1.54, 1.807) is 12.3 Å². The van der Waals surface area contributed by atoms with Crippen LogP contribution in [0.3, 0.4) is 0 Å². The highest BCUT2D eigenvalue weighted by molar-refractivity contribution is 5.75. The smallest absolute Gasteiger partial charge is 0.125 e. The van der Waals surface area contributed by atoms with Gasteiger partial charge in [0.15, 0.2) is 0 Å². The van der Waals surface area contributed by atoms with Crippen LogP contribution in [0.2, 0.25) is 0 Å². The molecule has 1 atom stereocenters. The fourth-order valence-electron chi connectivity index (χ4n) is 4.13. The fraction of sp³-hybridized carbons (Fsp3) is 0.273. The van der Waals surface area contributed by atoms with E-state index in [1.807, 2.05) is 16.9 Å². The van der Waals surface area contributed by atoms with Crippen LogP contribution in [0.4, 0.5) is 4.39 Å². The normalized spacial score (nSPS) is 17.5. The van der Waals surface area contributed by atoms with Crippen molar-refractivity contribution in [3.63, 3.8) is 0 Å². The highest BCUT2D eigenvalue weighted by Crippen LogP contribution is 2.32. The molecule has 1 unspecified atom stereocenters. The summed E-state index contributed by atoms with van der Waals surface area (Å²) in [6.45, 7) is 2.70. The summed E-state index contributed by atoms with van der Waals surface area (Å²) in [5.41, 5.74) is 4.13.